The van der Waals surface area contributed by atoms with Crippen LogP contribution >= 0.6 is 31.9 Å². The zero-order chi connectivity index (χ0) is 6.85. The van der Waals surface area contributed by atoms with Gasteiger partial charge >= 0.3 is 0 Å². The number of hydrogen-bond acceptors (Lipinski definition) is 2. The van der Waals surface area contributed by atoms with Crippen molar-refractivity contribution in [1.82, 2.24) is 4.98 Å². The molecule has 0 aliphatic rings. The lowest BCUT2D eigenvalue weighted by Gasteiger charge is -1.93. The number of rotatable bonds is 0. The zero-order valence-corrected chi connectivity index (χ0v) is 7.48. The zero-order valence-electron chi connectivity index (χ0n) is 4.31. The van der Waals surface area contributed by atoms with Crippen molar-refractivity contribution in [2.75, 3.05) is 0 Å². The van der Waals surface area contributed by atoms with E-state index in [9.17, 15) is 0 Å². The third-order valence-corrected chi connectivity index (χ3v) is 1.83. The molecule has 1 aromatic rings. The predicted molar refractivity (Wildman–Crippen MR) is 41.3 cm³/mol. The molecule has 0 spiro atoms. The van der Waals surface area contributed by atoms with Crippen LogP contribution in [-0.2, 0) is 0 Å². The van der Waals surface area contributed by atoms with Crippen molar-refractivity contribution in [2.24, 2.45) is 0 Å². The van der Waals surface area contributed by atoms with Gasteiger partial charge < -0.3 is 5.11 Å². The Morgan fingerprint density at radius 1 is 1.44 bits per heavy atom. The summed E-state index contributed by atoms with van der Waals surface area (Å²) in [4.78, 5) is 3.80. The molecule has 1 rings (SSSR count). The molecule has 0 radical (unpaired) electrons. The van der Waals surface area contributed by atoms with Gasteiger partial charge in [-0.3, -0.25) is 0 Å². The van der Waals surface area contributed by atoms with Crippen molar-refractivity contribution in [1.29, 1.82) is 0 Å². The predicted octanol–water partition coefficient (Wildman–Crippen LogP) is 2.31. The molecular formula is C5H3Br2NO. The lowest BCUT2D eigenvalue weighted by molar-refractivity contribution is 0.468. The lowest BCUT2D eigenvalue weighted by Crippen LogP contribution is -1.74. The monoisotopic (exact) mass is 251 g/mol. The number of nitrogens with zero attached hydrogens (tertiary/aromatic N) is 1. The van der Waals surface area contributed by atoms with E-state index in [1.165, 1.54) is 0 Å². The number of aromatic nitrogens is 1. The maximum absolute atomic E-state index is 8.96. The van der Waals surface area contributed by atoms with Gasteiger partial charge in [-0.15, -0.1) is 0 Å². The van der Waals surface area contributed by atoms with Crippen LogP contribution < -0.4 is 0 Å². The standard InChI is InChI=1S/C5H3Br2NO/c6-3-1-4(9)5(7)8-2-3/h1-2,9H. The van der Waals surface area contributed by atoms with Gasteiger partial charge in [-0.25, -0.2) is 4.98 Å². The summed E-state index contributed by atoms with van der Waals surface area (Å²) < 4.78 is 1.23. The molecule has 0 bridgehead atoms. The largest absolute Gasteiger partial charge is 0.505 e. The fourth-order valence-corrected chi connectivity index (χ4v) is 0.948. The molecule has 0 saturated carbocycles. The van der Waals surface area contributed by atoms with E-state index in [-0.39, 0.29) is 5.75 Å². The molecule has 2 nitrogen and oxygen atoms in total. The fraction of sp³-hybridized carbons (Fsp3) is 0. The molecule has 1 N–H and O–H groups in total. The van der Waals surface area contributed by atoms with E-state index in [0.717, 1.165) is 4.47 Å². The molecule has 4 heteroatoms. The Labute approximate surface area is 69.2 Å². The SMILES string of the molecule is Oc1cc(Br)cnc1Br. The first-order valence-corrected chi connectivity index (χ1v) is 3.79. The van der Waals surface area contributed by atoms with Crippen LogP contribution in [0.3, 0.4) is 0 Å². The Hall–Kier alpha value is -0.0900. The Morgan fingerprint density at radius 2 is 2.11 bits per heavy atom. The van der Waals surface area contributed by atoms with Crippen LogP contribution in [0.15, 0.2) is 21.3 Å². The summed E-state index contributed by atoms with van der Waals surface area (Å²) in [5.74, 6) is 0.143. The second-order valence-electron chi connectivity index (χ2n) is 1.46. The van der Waals surface area contributed by atoms with Crippen LogP contribution in [0.1, 0.15) is 0 Å². The highest BCUT2D eigenvalue weighted by Gasteiger charge is 1.96. The highest BCUT2D eigenvalue weighted by atomic mass is 79.9. The Kier molecular flexibility index (Phi) is 2.08. The van der Waals surface area contributed by atoms with E-state index in [1.54, 1.807) is 12.3 Å². The Balaban J connectivity index is 3.17. The highest BCUT2D eigenvalue weighted by Crippen LogP contribution is 2.23. The molecule has 0 atom stereocenters. The van der Waals surface area contributed by atoms with Crippen molar-refractivity contribution >= 4 is 31.9 Å². The van der Waals surface area contributed by atoms with Crippen LogP contribution in [0.5, 0.6) is 5.75 Å². The van der Waals surface area contributed by atoms with Gasteiger partial charge in [0, 0.05) is 10.7 Å². The maximum atomic E-state index is 8.96. The van der Waals surface area contributed by atoms with Gasteiger partial charge in [0.15, 0.2) is 0 Å². The molecular weight excluding hydrogens is 250 g/mol. The quantitative estimate of drug-likeness (QED) is 0.719. The number of hydrogen-bond donors (Lipinski definition) is 1. The second-order valence-corrected chi connectivity index (χ2v) is 3.13. The highest BCUT2D eigenvalue weighted by molar-refractivity contribution is 9.11. The minimum absolute atomic E-state index is 0.143. The smallest absolute Gasteiger partial charge is 0.149 e. The summed E-state index contributed by atoms with van der Waals surface area (Å²) in [6, 6.07) is 1.57. The number of halogens is 2. The molecule has 1 aromatic heterocycles. The summed E-state index contributed by atoms with van der Waals surface area (Å²) in [7, 11) is 0. The van der Waals surface area contributed by atoms with Gasteiger partial charge in [-0.05, 0) is 37.9 Å². The van der Waals surface area contributed by atoms with Crippen molar-refractivity contribution in [3.8, 4) is 5.75 Å². The van der Waals surface area contributed by atoms with E-state index in [2.05, 4.69) is 36.8 Å². The van der Waals surface area contributed by atoms with Gasteiger partial charge in [0.25, 0.3) is 0 Å². The average molecular weight is 253 g/mol. The van der Waals surface area contributed by atoms with Crippen LogP contribution in [-0.4, -0.2) is 10.1 Å². The van der Waals surface area contributed by atoms with Gasteiger partial charge in [0.05, 0.1) is 0 Å². The van der Waals surface area contributed by atoms with Crippen LogP contribution in [0, 0.1) is 0 Å². The molecule has 0 aliphatic heterocycles. The maximum Gasteiger partial charge on any atom is 0.149 e. The summed E-state index contributed by atoms with van der Waals surface area (Å²) >= 11 is 6.20. The lowest BCUT2D eigenvalue weighted by atomic mass is 10.5. The average Bonchev–Trinajstić information content (AvgIpc) is 1.80. The van der Waals surface area contributed by atoms with E-state index in [1.807, 2.05) is 0 Å². The van der Waals surface area contributed by atoms with E-state index in [4.69, 9.17) is 5.11 Å². The summed E-state index contributed by atoms with van der Waals surface area (Å²) in [6.45, 7) is 0. The van der Waals surface area contributed by atoms with Gasteiger partial charge in [0.1, 0.15) is 10.4 Å². The number of pyridine rings is 1. The first kappa shape index (κ1) is 7.02. The third-order valence-electron chi connectivity index (χ3n) is 0.787. The van der Waals surface area contributed by atoms with Crippen molar-refractivity contribution in [2.45, 2.75) is 0 Å². The van der Waals surface area contributed by atoms with E-state index >= 15 is 0 Å². The van der Waals surface area contributed by atoms with Crippen LogP contribution in [0.25, 0.3) is 0 Å². The molecule has 0 fully saturated rings. The molecule has 0 aliphatic carbocycles. The first-order chi connectivity index (χ1) is 4.20. The molecule has 9 heavy (non-hydrogen) atoms. The van der Waals surface area contributed by atoms with E-state index < -0.39 is 0 Å². The van der Waals surface area contributed by atoms with Gasteiger partial charge in [-0.1, -0.05) is 0 Å². The van der Waals surface area contributed by atoms with Crippen molar-refractivity contribution < 1.29 is 5.11 Å². The third kappa shape index (κ3) is 1.66. The first-order valence-electron chi connectivity index (χ1n) is 2.20. The molecule has 0 amide bonds. The second kappa shape index (κ2) is 2.66. The molecule has 0 unspecified atom stereocenters. The normalized spacial score (nSPS) is 9.56. The minimum Gasteiger partial charge on any atom is -0.505 e. The van der Waals surface area contributed by atoms with Gasteiger partial charge in [-0.2, -0.15) is 0 Å². The molecule has 1 heterocycles. The van der Waals surface area contributed by atoms with Gasteiger partial charge in [0.2, 0.25) is 0 Å². The molecule has 0 saturated heterocycles. The molecule has 0 aromatic carbocycles. The Morgan fingerprint density at radius 3 is 2.56 bits per heavy atom. The number of aromatic hydroxyl groups is 1. The van der Waals surface area contributed by atoms with Crippen LogP contribution in [0.4, 0.5) is 0 Å². The van der Waals surface area contributed by atoms with Crippen LogP contribution in [0.2, 0.25) is 0 Å². The Bertz CT molecular complexity index is 226. The van der Waals surface area contributed by atoms with Crippen molar-refractivity contribution in [3.63, 3.8) is 0 Å². The topological polar surface area (TPSA) is 33.1 Å². The van der Waals surface area contributed by atoms with Crippen molar-refractivity contribution in [3.05, 3.63) is 21.3 Å². The summed E-state index contributed by atoms with van der Waals surface area (Å²) in [6.07, 6.45) is 1.60. The fourth-order valence-electron chi connectivity index (χ4n) is 0.412. The summed E-state index contributed by atoms with van der Waals surface area (Å²) in [5, 5.41) is 8.96. The minimum atomic E-state index is 0.143. The molecule has 48 valence electrons. The van der Waals surface area contributed by atoms with E-state index in [0.29, 0.717) is 4.60 Å². The summed E-state index contributed by atoms with van der Waals surface area (Å²) in [5.41, 5.74) is 0.